The highest BCUT2D eigenvalue weighted by atomic mass is 16.6. The molecule has 0 bridgehead atoms. The smallest absolute Gasteiger partial charge is 0.148 e. The lowest BCUT2D eigenvalue weighted by Crippen LogP contribution is -2.74. The average Bonchev–Trinajstić information content (AvgIpc) is 3.02. The van der Waals surface area contributed by atoms with Crippen LogP contribution in [-0.2, 0) is 23.7 Å². The number of hydrogen-bond donors (Lipinski definition) is 2. The zero-order chi connectivity index (χ0) is 21.9. The van der Waals surface area contributed by atoms with Crippen LogP contribution in [0.4, 0.5) is 0 Å². The fraction of sp³-hybridized carbons (Fsp3) is 0.667. The topological polar surface area (TPSA) is 98.2 Å². The van der Waals surface area contributed by atoms with Gasteiger partial charge >= 0.3 is 0 Å². The summed E-state index contributed by atoms with van der Waals surface area (Å²) in [6.45, 7) is 4.35. The van der Waals surface area contributed by atoms with Crippen molar-refractivity contribution in [2.75, 3.05) is 13.7 Å². The summed E-state index contributed by atoms with van der Waals surface area (Å²) in [5.41, 5.74) is 11.4. The van der Waals surface area contributed by atoms with Crippen LogP contribution in [0, 0.1) is 0 Å². The Bertz CT molecular complexity index is 725. The largest absolute Gasteiger partial charge is 0.374 e. The van der Waals surface area contributed by atoms with Crippen LogP contribution in [0.1, 0.15) is 38.5 Å². The number of ether oxygens (including phenoxy) is 5. The summed E-state index contributed by atoms with van der Waals surface area (Å²) in [5.74, 6) is 0. The van der Waals surface area contributed by atoms with Crippen LogP contribution in [-0.4, -0.2) is 61.8 Å². The molecule has 7 heteroatoms. The molecule has 0 radical (unpaired) electrons. The van der Waals surface area contributed by atoms with E-state index in [2.05, 4.69) is 6.58 Å². The van der Waals surface area contributed by atoms with Crippen molar-refractivity contribution >= 4 is 0 Å². The van der Waals surface area contributed by atoms with E-state index in [4.69, 9.17) is 35.2 Å². The minimum Gasteiger partial charge on any atom is -0.374 e. The van der Waals surface area contributed by atoms with Gasteiger partial charge in [-0.2, -0.15) is 0 Å². The van der Waals surface area contributed by atoms with Crippen molar-refractivity contribution in [2.45, 2.75) is 86.6 Å². The van der Waals surface area contributed by atoms with Crippen LogP contribution in [0.5, 0.6) is 0 Å². The van der Waals surface area contributed by atoms with Gasteiger partial charge in [-0.15, -0.1) is 6.58 Å². The van der Waals surface area contributed by atoms with Gasteiger partial charge in [0.05, 0.1) is 6.10 Å². The van der Waals surface area contributed by atoms with Gasteiger partial charge in [-0.25, -0.2) is 0 Å². The first-order chi connectivity index (χ1) is 15.0. The van der Waals surface area contributed by atoms with E-state index in [1.165, 1.54) is 0 Å². The highest BCUT2D eigenvalue weighted by Crippen LogP contribution is 2.44. The van der Waals surface area contributed by atoms with Gasteiger partial charge in [-0.1, -0.05) is 42.5 Å². The third-order valence-corrected chi connectivity index (χ3v) is 6.64. The van der Waals surface area contributed by atoms with Gasteiger partial charge in [0.25, 0.3) is 0 Å². The summed E-state index contributed by atoms with van der Waals surface area (Å²) in [6, 6.07) is 0. The molecule has 31 heavy (non-hydrogen) atoms. The van der Waals surface area contributed by atoms with Gasteiger partial charge in [-0.3, -0.25) is 0 Å². The molecule has 0 aromatic heterocycles. The molecule has 4 aliphatic heterocycles. The van der Waals surface area contributed by atoms with E-state index in [9.17, 15) is 0 Å². The highest BCUT2D eigenvalue weighted by Gasteiger charge is 2.59. The Morgan fingerprint density at radius 1 is 1.13 bits per heavy atom. The molecule has 8 unspecified atom stereocenters. The maximum atomic E-state index is 6.73. The van der Waals surface area contributed by atoms with Crippen LogP contribution in [0.25, 0.3) is 0 Å². The fourth-order valence-corrected chi connectivity index (χ4v) is 4.98. The Hall–Kier alpha value is -1.32. The normalized spacial score (nSPS) is 45.5. The third-order valence-electron chi connectivity index (χ3n) is 6.64. The second-order valence-electron chi connectivity index (χ2n) is 8.92. The van der Waals surface area contributed by atoms with Crippen LogP contribution < -0.4 is 11.5 Å². The number of fused-ring (bicyclic) bond motifs is 3. The third kappa shape index (κ3) is 4.88. The zero-order valence-corrected chi connectivity index (χ0v) is 18.4. The van der Waals surface area contributed by atoms with E-state index in [0.29, 0.717) is 19.4 Å². The molecule has 0 aliphatic carbocycles. The zero-order valence-electron chi connectivity index (χ0n) is 18.4. The Balaban J connectivity index is 1.51. The van der Waals surface area contributed by atoms with Crippen LogP contribution >= 0.6 is 0 Å². The molecule has 0 aromatic rings. The highest BCUT2D eigenvalue weighted by molar-refractivity contribution is 5.16. The number of methoxy groups -OCH3 is 1. The molecule has 7 nitrogen and oxygen atoms in total. The predicted octanol–water partition coefficient (Wildman–Crippen LogP) is 2.47. The Kier molecular flexibility index (Phi) is 7.13. The Labute approximate surface area is 185 Å². The van der Waals surface area contributed by atoms with Crippen molar-refractivity contribution in [1.29, 1.82) is 0 Å². The molecule has 3 fully saturated rings. The summed E-state index contributed by atoms with van der Waals surface area (Å²) < 4.78 is 30.9. The van der Waals surface area contributed by atoms with Crippen molar-refractivity contribution in [1.82, 2.24) is 0 Å². The quantitative estimate of drug-likeness (QED) is 0.509. The maximum absolute atomic E-state index is 6.73. The van der Waals surface area contributed by atoms with Crippen molar-refractivity contribution in [2.24, 2.45) is 11.5 Å². The minimum atomic E-state index is -1.02. The fourth-order valence-electron chi connectivity index (χ4n) is 4.98. The molecule has 172 valence electrons. The maximum Gasteiger partial charge on any atom is 0.148 e. The van der Waals surface area contributed by atoms with Crippen molar-refractivity contribution in [3.8, 4) is 0 Å². The number of rotatable bonds is 5. The SMILES string of the molecule is C=CCC=CC=CC1OC2CC3OC4CCCCOC4(N)CC3(N)OC2C=CC1OC. The number of allylic oxidation sites excluding steroid dienone is 4. The van der Waals surface area contributed by atoms with E-state index in [1.807, 2.05) is 42.5 Å². The lowest BCUT2D eigenvalue weighted by atomic mass is 9.82. The molecular formula is C24H36N2O5. The van der Waals surface area contributed by atoms with Gasteiger partial charge in [0.1, 0.15) is 42.0 Å². The second kappa shape index (κ2) is 9.67. The van der Waals surface area contributed by atoms with Crippen molar-refractivity contribution in [3.05, 3.63) is 49.1 Å². The molecule has 4 rings (SSSR count). The van der Waals surface area contributed by atoms with E-state index in [-0.39, 0.29) is 36.6 Å². The summed E-state index contributed by atoms with van der Waals surface area (Å²) >= 11 is 0. The molecular weight excluding hydrogens is 396 g/mol. The van der Waals surface area contributed by atoms with Crippen LogP contribution in [0.15, 0.2) is 49.1 Å². The molecule has 0 aromatic carbocycles. The number of hydrogen-bond acceptors (Lipinski definition) is 7. The van der Waals surface area contributed by atoms with E-state index in [0.717, 1.165) is 25.7 Å². The van der Waals surface area contributed by atoms with Crippen LogP contribution in [0.3, 0.4) is 0 Å². The second-order valence-corrected chi connectivity index (χ2v) is 8.92. The van der Waals surface area contributed by atoms with Gasteiger partial charge < -0.3 is 35.2 Å². The molecule has 8 atom stereocenters. The van der Waals surface area contributed by atoms with Gasteiger partial charge in [0.2, 0.25) is 0 Å². The van der Waals surface area contributed by atoms with Gasteiger partial charge in [0.15, 0.2) is 0 Å². The first kappa shape index (κ1) is 22.9. The molecule has 3 saturated heterocycles. The molecule has 4 heterocycles. The lowest BCUT2D eigenvalue weighted by molar-refractivity contribution is -0.315. The molecule has 0 amide bonds. The summed E-state index contributed by atoms with van der Waals surface area (Å²) in [5, 5.41) is 0. The first-order valence-corrected chi connectivity index (χ1v) is 11.3. The standard InChI is InChI=1S/C24H36N2O5/c1-3-4-5-6-7-10-18-17(27-2)12-13-19-20(29-18)15-22-24(26,31-19)16-23(25)21(30-22)11-8-9-14-28-23/h3,5-7,10,12-13,17-22H,1,4,8-9,11,14-16,25-26H2,2H3. The molecule has 4 aliphatic rings. The van der Waals surface area contributed by atoms with Gasteiger partial charge in [-0.05, 0) is 25.7 Å². The minimum absolute atomic E-state index is 0.185. The lowest BCUT2D eigenvalue weighted by Gasteiger charge is -2.55. The summed E-state index contributed by atoms with van der Waals surface area (Å²) in [6.07, 6.45) is 17.2. The van der Waals surface area contributed by atoms with E-state index >= 15 is 0 Å². The van der Waals surface area contributed by atoms with E-state index in [1.54, 1.807) is 7.11 Å². The Morgan fingerprint density at radius 3 is 2.81 bits per heavy atom. The van der Waals surface area contributed by atoms with Crippen LogP contribution in [0.2, 0.25) is 0 Å². The first-order valence-electron chi connectivity index (χ1n) is 11.3. The summed E-state index contributed by atoms with van der Waals surface area (Å²) in [4.78, 5) is 0. The summed E-state index contributed by atoms with van der Waals surface area (Å²) in [7, 11) is 1.68. The molecule has 4 N–H and O–H groups in total. The Morgan fingerprint density at radius 2 is 2.00 bits per heavy atom. The number of nitrogens with two attached hydrogens (primary N) is 2. The molecule has 0 spiro atoms. The monoisotopic (exact) mass is 432 g/mol. The van der Waals surface area contributed by atoms with Crippen molar-refractivity contribution < 1.29 is 23.7 Å². The predicted molar refractivity (Wildman–Crippen MR) is 118 cm³/mol. The average molecular weight is 433 g/mol. The van der Waals surface area contributed by atoms with E-state index < -0.39 is 11.4 Å². The van der Waals surface area contributed by atoms with Crippen molar-refractivity contribution in [3.63, 3.8) is 0 Å². The van der Waals surface area contributed by atoms with Gasteiger partial charge in [0, 0.05) is 26.6 Å². The molecule has 0 saturated carbocycles.